The molecule has 0 unspecified atom stereocenters. The molecule has 0 bridgehead atoms. The lowest BCUT2D eigenvalue weighted by atomic mass is 9.94. The summed E-state index contributed by atoms with van der Waals surface area (Å²) >= 11 is 0. The van der Waals surface area contributed by atoms with Gasteiger partial charge in [-0.2, -0.15) is 0 Å². The van der Waals surface area contributed by atoms with Crippen molar-refractivity contribution in [1.82, 2.24) is 15.0 Å². The second-order valence-electron chi connectivity index (χ2n) is 7.61. The molecular weight excluding hydrogens is 376 g/mol. The third-order valence-corrected chi connectivity index (χ3v) is 5.51. The van der Waals surface area contributed by atoms with E-state index >= 15 is 0 Å². The molecule has 3 aromatic rings. The third kappa shape index (κ3) is 4.25. The topological polar surface area (TPSA) is 97.0 Å². The Labute approximate surface area is 176 Å². The van der Waals surface area contributed by atoms with Gasteiger partial charge in [0.15, 0.2) is 5.82 Å². The van der Waals surface area contributed by atoms with E-state index in [1.165, 1.54) is 6.42 Å². The predicted molar refractivity (Wildman–Crippen MR) is 119 cm³/mol. The van der Waals surface area contributed by atoms with E-state index in [1.807, 2.05) is 37.3 Å². The van der Waals surface area contributed by atoms with E-state index in [1.54, 1.807) is 29.6 Å². The minimum Gasteiger partial charge on any atom is -0.396 e. The average molecular weight is 403 g/mol. The standard InChI is InChI=1S/C23H26N6O/c1-16-12-14-25-15-18(16)20-11-10-19(24)22(27-20)29(17-7-3-2-4-8-17)23(30)28-21-9-5-6-13-26-21/h5-6,9-15,17H,2-4,7-8,24H2,1H3,(H,26,28,30). The number of anilines is 3. The summed E-state index contributed by atoms with van der Waals surface area (Å²) in [5.41, 5.74) is 9.54. The monoisotopic (exact) mass is 402 g/mol. The van der Waals surface area contributed by atoms with Crippen LogP contribution < -0.4 is 16.0 Å². The van der Waals surface area contributed by atoms with Crippen molar-refractivity contribution in [2.45, 2.75) is 45.1 Å². The van der Waals surface area contributed by atoms with E-state index in [4.69, 9.17) is 10.7 Å². The van der Waals surface area contributed by atoms with Crippen molar-refractivity contribution in [3.8, 4) is 11.3 Å². The lowest BCUT2D eigenvalue weighted by molar-refractivity contribution is 0.252. The van der Waals surface area contributed by atoms with E-state index < -0.39 is 0 Å². The third-order valence-electron chi connectivity index (χ3n) is 5.51. The molecule has 0 spiro atoms. The van der Waals surface area contributed by atoms with Crippen LogP contribution in [0, 0.1) is 6.92 Å². The summed E-state index contributed by atoms with van der Waals surface area (Å²) in [5.74, 6) is 0.984. The number of urea groups is 1. The number of rotatable bonds is 4. The fourth-order valence-electron chi connectivity index (χ4n) is 3.91. The summed E-state index contributed by atoms with van der Waals surface area (Å²) in [6.07, 6.45) is 10.4. The van der Waals surface area contributed by atoms with Crippen molar-refractivity contribution in [2.24, 2.45) is 0 Å². The highest BCUT2D eigenvalue weighted by Crippen LogP contribution is 2.33. The van der Waals surface area contributed by atoms with Gasteiger partial charge in [0.05, 0.1) is 11.4 Å². The van der Waals surface area contributed by atoms with E-state index in [0.717, 1.165) is 42.5 Å². The zero-order chi connectivity index (χ0) is 20.9. The highest BCUT2D eigenvalue weighted by atomic mass is 16.2. The van der Waals surface area contributed by atoms with Gasteiger partial charge in [0.25, 0.3) is 0 Å². The molecular formula is C23H26N6O. The summed E-state index contributed by atoms with van der Waals surface area (Å²) in [6.45, 7) is 2.02. The highest BCUT2D eigenvalue weighted by Gasteiger charge is 2.30. The maximum atomic E-state index is 13.3. The number of hydrogen-bond acceptors (Lipinski definition) is 5. The van der Waals surface area contributed by atoms with Crippen molar-refractivity contribution in [3.63, 3.8) is 0 Å². The van der Waals surface area contributed by atoms with Crippen LogP contribution in [0.2, 0.25) is 0 Å². The molecule has 1 aliphatic rings. The number of carbonyl (C=O) groups is 1. The molecule has 7 heteroatoms. The van der Waals surface area contributed by atoms with Crippen LogP contribution in [0.15, 0.2) is 55.0 Å². The first-order chi connectivity index (χ1) is 14.6. The first kappa shape index (κ1) is 19.8. The number of pyridine rings is 3. The van der Waals surface area contributed by atoms with Gasteiger partial charge in [-0.3, -0.25) is 15.2 Å². The van der Waals surface area contributed by atoms with Gasteiger partial charge in [0, 0.05) is 30.2 Å². The number of aryl methyl sites for hydroxylation is 1. The van der Waals surface area contributed by atoms with E-state index in [0.29, 0.717) is 17.3 Å². The number of amides is 2. The van der Waals surface area contributed by atoms with E-state index in [9.17, 15) is 4.79 Å². The SMILES string of the molecule is Cc1ccncc1-c1ccc(N)c(N(C(=O)Nc2ccccn2)C2CCCCC2)n1. The van der Waals surface area contributed by atoms with Gasteiger partial charge in [-0.15, -0.1) is 0 Å². The highest BCUT2D eigenvalue weighted by molar-refractivity contribution is 6.03. The maximum absolute atomic E-state index is 13.3. The number of hydrogen-bond donors (Lipinski definition) is 2. The Bertz CT molecular complexity index is 1020. The molecule has 154 valence electrons. The first-order valence-corrected chi connectivity index (χ1v) is 10.3. The van der Waals surface area contributed by atoms with Gasteiger partial charge >= 0.3 is 6.03 Å². The molecule has 2 amide bonds. The van der Waals surface area contributed by atoms with Crippen LogP contribution in [0.3, 0.4) is 0 Å². The molecule has 1 aliphatic carbocycles. The largest absolute Gasteiger partial charge is 0.396 e. The zero-order valence-corrected chi connectivity index (χ0v) is 17.1. The van der Waals surface area contributed by atoms with Gasteiger partial charge < -0.3 is 5.73 Å². The van der Waals surface area contributed by atoms with Crippen LogP contribution in [0.25, 0.3) is 11.3 Å². The number of carbonyl (C=O) groups excluding carboxylic acids is 1. The molecule has 0 radical (unpaired) electrons. The quantitative estimate of drug-likeness (QED) is 0.653. The number of nitrogens with zero attached hydrogens (tertiary/aromatic N) is 4. The number of nitrogen functional groups attached to an aromatic ring is 1. The zero-order valence-electron chi connectivity index (χ0n) is 17.1. The Morgan fingerprint density at radius 3 is 2.67 bits per heavy atom. The summed E-state index contributed by atoms with van der Waals surface area (Å²) < 4.78 is 0. The molecule has 3 N–H and O–H groups in total. The lowest BCUT2D eigenvalue weighted by Gasteiger charge is -2.34. The molecule has 4 rings (SSSR count). The molecule has 7 nitrogen and oxygen atoms in total. The molecule has 1 fully saturated rings. The second-order valence-corrected chi connectivity index (χ2v) is 7.61. The normalized spacial score (nSPS) is 14.3. The van der Waals surface area contributed by atoms with E-state index in [-0.39, 0.29) is 12.1 Å². The van der Waals surface area contributed by atoms with Crippen molar-refractivity contribution < 1.29 is 4.79 Å². The Balaban J connectivity index is 1.73. The first-order valence-electron chi connectivity index (χ1n) is 10.3. The summed E-state index contributed by atoms with van der Waals surface area (Å²) in [4.78, 5) is 28.3. The minimum atomic E-state index is -0.264. The van der Waals surface area contributed by atoms with Gasteiger partial charge in [-0.05, 0) is 55.7 Å². The second kappa shape index (κ2) is 8.90. The van der Waals surface area contributed by atoms with Crippen molar-refractivity contribution in [3.05, 3.63) is 60.6 Å². The van der Waals surface area contributed by atoms with Crippen LogP contribution in [-0.4, -0.2) is 27.0 Å². The molecule has 30 heavy (non-hydrogen) atoms. The van der Waals surface area contributed by atoms with Crippen molar-refractivity contribution in [1.29, 1.82) is 0 Å². The predicted octanol–water partition coefficient (Wildman–Crippen LogP) is 4.80. The summed E-state index contributed by atoms with van der Waals surface area (Å²) in [7, 11) is 0. The fraction of sp³-hybridized carbons (Fsp3) is 0.304. The Kier molecular flexibility index (Phi) is 5.88. The summed E-state index contributed by atoms with van der Waals surface area (Å²) in [5, 5.41) is 2.90. The Hall–Kier alpha value is -3.48. The number of nitrogens with one attached hydrogen (secondary N) is 1. The number of nitrogens with two attached hydrogens (primary N) is 1. The lowest BCUT2D eigenvalue weighted by Crippen LogP contribution is -2.45. The molecule has 0 saturated heterocycles. The molecule has 0 aromatic carbocycles. The van der Waals surface area contributed by atoms with Gasteiger partial charge in [-0.1, -0.05) is 25.3 Å². The van der Waals surface area contributed by atoms with Gasteiger partial charge in [0.1, 0.15) is 5.82 Å². The van der Waals surface area contributed by atoms with Crippen LogP contribution in [0.1, 0.15) is 37.7 Å². The average Bonchev–Trinajstić information content (AvgIpc) is 2.77. The molecule has 3 heterocycles. The van der Waals surface area contributed by atoms with Gasteiger partial charge in [-0.25, -0.2) is 14.8 Å². The van der Waals surface area contributed by atoms with Crippen LogP contribution in [0.4, 0.5) is 22.1 Å². The smallest absolute Gasteiger partial charge is 0.328 e. The molecule has 3 aromatic heterocycles. The Morgan fingerprint density at radius 2 is 1.93 bits per heavy atom. The van der Waals surface area contributed by atoms with Crippen molar-refractivity contribution >= 4 is 23.4 Å². The van der Waals surface area contributed by atoms with Crippen LogP contribution in [-0.2, 0) is 0 Å². The summed E-state index contributed by atoms with van der Waals surface area (Å²) in [6, 6.07) is 10.8. The van der Waals surface area contributed by atoms with Crippen molar-refractivity contribution in [2.75, 3.05) is 16.0 Å². The van der Waals surface area contributed by atoms with E-state index in [2.05, 4.69) is 15.3 Å². The minimum absolute atomic E-state index is 0.0440. The van der Waals surface area contributed by atoms with Crippen LogP contribution in [0.5, 0.6) is 0 Å². The molecule has 0 aliphatic heterocycles. The molecule has 1 saturated carbocycles. The van der Waals surface area contributed by atoms with Crippen LogP contribution >= 0.6 is 0 Å². The maximum Gasteiger partial charge on any atom is 0.328 e. The number of aromatic nitrogens is 3. The Morgan fingerprint density at radius 1 is 1.10 bits per heavy atom. The van der Waals surface area contributed by atoms with Gasteiger partial charge in [0.2, 0.25) is 0 Å². The fourth-order valence-corrected chi connectivity index (χ4v) is 3.91. The molecule has 0 atom stereocenters.